The van der Waals surface area contributed by atoms with E-state index in [-0.39, 0.29) is 29.2 Å². The number of phosphoric ester groups is 1. The number of carbonyl (C=O) groups is 2. The molecular formula is C25H22ClN2O6P. The van der Waals surface area contributed by atoms with Crippen molar-refractivity contribution in [2.75, 3.05) is 17.3 Å². The number of phosphoric acid groups is 1. The predicted octanol–water partition coefficient (Wildman–Crippen LogP) is 4.91. The number of rotatable bonds is 6. The van der Waals surface area contributed by atoms with Crippen molar-refractivity contribution in [3.05, 3.63) is 71.4 Å². The second-order valence-electron chi connectivity index (χ2n) is 8.69. The van der Waals surface area contributed by atoms with E-state index in [1.165, 1.54) is 13.0 Å². The number of aromatic nitrogens is 1. The van der Waals surface area contributed by atoms with Gasteiger partial charge in [0.2, 0.25) is 0 Å². The van der Waals surface area contributed by atoms with E-state index in [2.05, 4.69) is 4.98 Å². The number of hydrogen-bond acceptors (Lipinski definition) is 4. The van der Waals surface area contributed by atoms with Gasteiger partial charge in [0.25, 0.3) is 5.91 Å². The number of nitrogens with one attached hydrogen (secondary N) is 1. The molecule has 0 saturated carbocycles. The van der Waals surface area contributed by atoms with E-state index < -0.39 is 7.82 Å². The summed E-state index contributed by atoms with van der Waals surface area (Å²) in [5.74, 6) is -0.166. The van der Waals surface area contributed by atoms with Gasteiger partial charge in [-0.25, -0.2) is 4.57 Å². The molecule has 180 valence electrons. The highest BCUT2D eigenvalue weighted by Gasteiger charge is 2.36. The summed E-state index contributed by atoms with van der Waals surface area (Å²) >= 11 is 6.29. The number of carbonyl (C=O) groups excluding carboxylic acids is 2. The molecule has 1 aliphatic rings. The standard InChI is InChI=1S/C25H22ClN2O6P/c1-14(29)8-15-6-7-20-16(9-15)10-21(27-20)25(30)28-13-17(12-26)24-19-5-3-2-4-18(19)23(11-22(24)28)34-35(31,32)33/h2-7,9-11,17,27H,8,12-13H2,1H3,(H2,31,32,33)/t17-/m1/s1. The molecular weight excluding hydrogens is 491 g/mol. The third-order valence-electron chi connectivity index (χ3n) is 6.15. The zero-order valence-electron chi connectivity index (χ0n) is 18.7. The molecule has 0 bridgehead atoms. The van der Waals surface area contributed by atoms with E-state index in [1.54, 1.807) is 23.1 Å². The number of hydrogen-bond donors (Lipinski definition) is 3. The van der Waals surface area contributed by atoms with Crippen LogP contribution in [0, 0.1) is 0 Å². The van der Waals surface area contributed by atoms with Gasteiger partial charge >= 0.3 is 7.82 Å². The van der Waals surface area contributed by atoms with E-state index in [9.17, 15) is 23.9 Å². The molecule has 5 rings (SSSR count). The van der Waals surface area contributed by atoms with E-state index in [1.807, 2.05) is 30.3 Å². The van der Waals surface area contributed by atoms with Crippen molar-refractivity contribution < 1.29 is 28.5 Å². The van der Waals surface area contributed by atoms with Gasteiger partial charge in [-0.3, -0.25) is 19.4 Å². The quantitative estimate of drug-likeness (QED) is 0.249. The van der Waals surface area contributed by atoms with Crippen LogP contribution in [0.4, 0.5) is 5.69 Å². The van der Waals surface area contributed by atoms with Crippen molar-refractivity contribution in [3.8, 4) is 5.75 Å². The average molecular weight is 513 g/mol. The van der Waals surface area contributed by atoms with Crippen LogP contribution in [0.2, 0.25) is 0 Å². The number of benzene rings is 3. The van der Waals surface area contributed by atoms with E-state index in [0.29, 0.717) is 29.7 Å². The topological polar surface area (TPSA) is 120 Å². The van der Waals surface area contributed by atoms with Gasteiger partial charge in [-0.15, -0.1) is 11.6 Å². The normalized spacial score (nSPS) is 15.5. The van der Waals surface area contributed by atoms with Crippen LogP contribution in [0.5, 0.6) is 5.75 Å². The van der Waals surface area contributed by atoms with Gasteiger partial charge in [0.15, 0.2) is 0 Å². The summed E-state index contributed by atoms with van der Waals surface area (Å²) in [5.41, 5.74) is 3.31. The maximum absolute atomic E-state index is 13.6. The molecule has 1 aromatic heterocycles. The third-order valence-corrected chi connectivity index (χ3v) is 6.95. The molecule has 3 N–H and O–H groups in total. The molecule has 3 aromatic carbocycles. The first kappa shape index (κ1) is 23.6. The molecule has 0 fully saturated rings. The summed E-state index contributed by atoms with van der Waals surface area (Å²) in [4.78, 5) is 48.7. The zero-order chi connectivity index (χ0) is 24.9. The summed E-state index contributed by atoms with van der Waals surface area (Å²) < 4.78 is 16.6. The maximum atomic E-state index is 13.6. The Hall–Kier alpha value is -3.16. The van der Waals surface area contributed by atoms with Crippen LogP contribution in [-0.2, 0) is 15.8 Å². The molecule has 1 atom stereocenters. The van der Waals surface area contributed by atoms with Crippen molar-refractivity contribution in [1.29, 1.82) is 0 Å². The Kier molecular flexibility index (Phi) is 5.93. The van der Waals surface area contributed by atoms with Crippen LogP contribution in [0.1, 0.15) is 34.5 Å². The van der Waals surface area contributed by atoms with E-state index >= 15 is 0 Å². The number of nitrogens with zero attached hydrogens (tertiary/aromatic N) is 1. The Morgan fingerprint density at radius 2 is 1.89 bits per heavy atom. The molecule has 8 nitrogen and oxygen atoms in total. The summed E-state index contributed by atoms with van der Waals surface area (Å²) in [5, 5.41) is 2.06. The minimum atomic E-state index is -4.84. The molecule has 1 amide bonds. The Morgan fingerprint density at radius 1 is 1.14 bits per heavy atom. The van der Waals surface area contributed by atoms with Crippen molar-refractivity contribution >= 4 is 58.5 Å². The first-order valence-electron chi connectivity index (χ1n) is 10.9. The first-order valence-corrected chi connectivity index (χ1v) is 13.0. The molecule has 35 heavy (non-hydrogen) atoms. The van der Waals surface area contributed by atoms with Crippen molar-refractivity contribution in [1.82, 2.24) is 4.98 Å². The number of fused-ring (bicyclic) bond motifs is 4. The minimum Gasteiger partial charge on any atom is -0.404 e. The van der Waals surface area contributed by atoms with Gasteiger partial charge in [-0.05, 0) is 41.6 Å². The smallest absolute Gasteiger partial charge is 0.404 e. The molecule has 0 radical (unpaired) electrons. The van der Waals surface area contributed by atoms with Crippen molar-refractivity contribution in [2.24, 2.45) is 0 Å². The van der Waals surface area contributed by atoms with Gasteiger partial charge < -0.3 is 14.4 Å². The van der Waals surface area contributed by atoms with Gasteiger partial charge in [0.05, 0.1) is 5.69 Å². The van der Waals surface area contributed by atoms with Crippen LogP contribution in [0.3, 0.4) is 0 Å². The highest BCUT2D eigenvalue weighted by Crippen LogP contribution is 2.49. The Balaban J connectivity index is 1.60. The molecule has 10 heteroatoms. The Morgan fingerprint density at radius 3 is 2.57 bits per heavy atom. The van der Waals surface area contributed by atoms with Gasteiger partial charge in [0, 0.05) is 47.1 Å². The minimum absolute atomic E-state index is 0.00812. The van der Waals surface area contributed by atoms with Crippen LogP contribution >= 0.6 is 19.4 Å². The van der Waals surface area contributed by atoms with Crippen LogP contribution < -0.4 is 9.42 Å². The summed E-state index contributed by atoms with van der Waals surface area (Å²) in [7, 11) is -4.84. The van der Waals surface area contributed by atoms with Gasteiger partial charge in [-0.2, -0.15) is 0 Å². The number of amides is 1. The average Bonchev–Trinajstić information content (AvgIpc) is 3.38. The van der Waals surface area contributed by atoms with Gasteiger partial charge in [0.1, 0.15) is 17.2 Å². The van der Waals surface area contributed by atoms with Crippen molar-refractivity contribution in [2.45, 2.75) is 19.3 Å². The number of halogens is 1. The highest BCUT2D eigenvalue weighted by atomic mass is 35.5. The second kappa shape index (κ2) is 8.81. The lowest BCUT2D eigenvalue weighted by molar-refractivity contribution is -0.116. The number of alkyl halides is 1. The predicted molar refractivity (Wildman–Crippen MR) is 134 cm³/mol. The molecule has 0 saturated heterocycles. The Labute approximate surface area is 205 Å². The summed E-state index contributed by atoms with van der Waals surface area (Å²) in [6, 6.07) is 15.9. The fourth-order valence-electron chi connectivity index (χ4n) is 4.77. The lowest BCUT2D eigenvalue weighted by atomic mass is 9.95. The lowest BCUT2D eigenvalue weighted by Gasteiger charge is -2.19. The maximum Gasteiger partial charge on any atom is 0.524 e. The number of ketones is 1. The van der Waals surface area contributed by atoms with Crippen LogP contribution in [-0.4, -0.2) is 38.9 Å². The van der Waals surface area contributed by atoms with Crippen LogP contribution in [0.15, 0.2) is 54.6 Å². The van der Waals surface area contributed by atoms with Crippen LogP contribution in [0.25, 0.3) is 21.7 Å². The zero-order valence-corrected chi connectivity index (χ0v) is 20.3. The van der Waals surface area contributed by atoms with Gasteiger partial charge in [-0.1, -0.05) is 30.3 Å². The molecule has 0 aliphatic carbocycles. The molecule has 0 unspecified atom stereocenters. The first-order chi connectivity index (χ1) is 16.6. The fraction of sp³-hybridized carbons (Fsp3) is 0.200. The van der Waals surface area contributed by atoms with E-state index in [0.717, 1.165) is 27.4 Å². The third kappa shape index (κ3) is 4.46. The lowest BCUT2D eigenvalue weighted by Crippen LogP contribution is -2.30. The molecule has 1 aliphatic heterocycles. The largest absolute Gasteiger partial charge is 0.524 e. The summed E-state index contributed by atoms with van der Waals surface area (Å²) in [6.07, 6.45) is 0.316. The SMILES string of the molecule is CC(=O)Cc1ccc2[nH]c(C(=O)N3C[C@@H](CCl)c4c3cc(OP(=O)(O)O)c3ccccc43)cc2c1. The van der Waals surface area contributed by atoms with E-state index in [4.69, 9.17) is 16.1 Å². The fourth-order valence-corrected chi connectivity index (χ4v) is 5.43. The second-order valence-corrected chi connectivity index (χ2v) is 10.2. The number of Topliss-reactive ketones (excluding diaryl/α,β-unsaturated/α-hetero) is 1. The molecule has 2 heterocycles. The highest BCUT2D eigenvalue weighted by molar-refractivity contribution is 7.46. The summed E-state index contributed by atoms with van der Waals surface area (Å²) in [6.45, 7) is 1.84. The molecule has 0 spiro atoms. The van der Waals surface area contributed by atoms with Crippen molar-refractivity contribution in [3.63, 3.8) is 0 Å². The number of H-pyrrole nitrogens is 1. The Bertz CT molecular complexity index is 1540. The molecule has 4 aromatic rings. The number of aromatic amines is 1. The number of anilines is 1. The monoisotopic (exact) mass is 512 g/mol.